The number of aromatic nitrogens is 4. The molecular formula is C14H17N5O2S. The number of carbonyl (C=O) groups is 1. The normalized spacial score (nSPS) is 17.5. The number of thioether (sulfide) groups is 1. The number of hydrogen-bond donors (Lipinski definition) is 1. The smallest absolute Gasteiger partial charge is 0.230 e. The summed E-state index contributed by atoms with van der Waals surface area (Å²) in [5.74, 6) is 0.957. The summed E-state index contributed by atoms with van der Waals surface area (Å²) in [5, 5.41) is 15.9. The molecule has 0 radical (unpaired) electrons. The highest BCUT2D eigenvalue weighted by molar-refractivity contribution is 7.99. The molecule has 0 spiro atoms. The van der Waals surface area contributed by atoms with E-state index in [1.807, 2.05) is 18.2 Å². The highest BCUT2D eigenvalue weighted by Gasteiger charge is 2.16. The van der Waals surface area contributed by atoms with Crippen LogP contribution >= 0.6 is 11.8 Å². The zero-order valence-electron chi connectivity index (χ0n) is 12.0. The van der Waals surface area contributed by atoms with Crippen molar-refractivity contribution in [1.82, 2.24) is 25.3 Å². The van der Waals surface area contributed by atoms with Crippen LogP contribution in [0.4, 0.5) is 0 Å². The summed E-state index contributed by atoms with van der Waals surface area (Å²) in [5.41, 5.74) is 0. The van der Waals surface area contributed by atoms with Crippen molar-refractivity contribution in [2.75, 3.05) is 18.9 Å². The van der Waals surface area contributed by atoms with E-state index in [0.29, 0.717) is 23.1 Å². The fraction of sp³-hybridized carbons (Fsp3) is 0.429. The maximum atomic E-state index is 11.8. The zero-order valence-corrected chi connectivity index (χ0v) is 12.8. The molecule has 0 aromatic carbocycles. The van der Waals surface area contributed by atoms with Crippen molar-refractivity contribution in [3.63, 3.8) is 0 Å². The summed E-state index contributed by atoms with van der Waals surface area (Å²) in [6, 6.07) is 5.48. The van der Waals surface area contributed by atoms with E-state index in [1.54, 1.807) is 17.1 Å². The summed E-state index contributed by atoms with van der Waals surface area (Å²) in [6.45, 7) is 1.39. The molecule has 7 nitrogen and oxygen atoms in total. The third kappa shape index (κ3) is 4.05. The van der Waals surface area contributed by atoms with Crippen molar-refractivity contribution in [2.45, 2.75) is 24.0 Å². The molecule has 1 N–H and O–H groups in total. The van der Waals surface area contributed by atoms with E-state index in [2.05, 4.69) is 20.6 Å². The molecule has 1 aliphatic heterocycles. The standard InChI is InChI=1S/C14H17N5O2S/c20-13(15-9-11-3-1-8-21-11)10-22-14-5-4-12(17-18-14)19-7-2-6-16-19/h2,4-7,11H,1,3,8-10H2,(H,15,20)/t11-/m0/s1. The van der Waals surface area contributed by atoms with Crippen LogP contribution in [0.25, 0.3) is 5.82 Å². The number of hydrogen-bond acceptors (Lipinski definition) is 6. The van der Waals surface area contributed by atoms with Crippen LogP contribution < -0.4 is 5.32 Å². The van der Waals surface area contributed by atoms with Gasteiger partial charge in [0.2, 0.25) is 5.91 Å². The van der Waals surface area contributed by atoms with Crippen LogP contribution in [0.15, 0.2) is 35.6 Å². The van der Waals surface area contributed by atoms with Gasteiger partial charge in [-0.25, -0.2) is 4.68 Å². The fourth-order valence-corrected chi connectivity index (χ4v) is 2.78. The lowest BCUT2D eigenvalue weighted by atomic mass is 10.2. The lowest BCUT2D eigenvalue weighted by Gasteiger charge is -2.10. The second-order valence-electron chi connectivity index (χ2n) is 4.91. The molecule has 3 rings (SSSR count). The first-order valence-corrected chi connectivity index (χ1v) is 8.15. The molecule has 1 atom stereocenters. The van der Waals surface area contributed by atoms with Gasteiger partial charge in [0.15, 0.2) is 5.82 Å². The molecule has 1 saturated heterocycles. The lowest BCUT2D eigenvalue weighted by molar-refractivity contribution is -0.119. The molecule has 3 heterocycles. The molecule has 1 fully saturated rings. The molecule has 0 unspecified atom stereocenters. The van der Waals surface area contributed by atoms with Crippen molar-refractivity contribution < 1.29 is 9.53 Å². The largest absolute Gasteiger partial charge is 0.376 e. The van der Waals surface area contributed by atoms with E-state index >= 15 is 0 Å². The number of nitrogens with zero attached hydrogens (tertiary/aromatic N) is 4. The summed E-state index contributed by atoms with van der Waals surface area (Å²) in [7, 11) is 0. The highest BCUT2D eigenvalue weighted by Crippen LogP contribution is 2.15. The van der Waals surface area contributed by atoms with Gasteiger partial charge < -0.3 is 10.1 Å². The van der Waals surface area contributed by atoms with Gasteiger partial charge in [0.05, 0.1) is 11.9 Å². The van der Waals surface area contributed by atoms with Crippen LogP contribution in [-0.2, 0) is 9.53 Å². The zero-order chi connectivity index (χ0) is 15.2. The highest BCUT2D eigenvalue weighted by atomic mass is 32.2. The monoisotopic (exact) mass is 319 g/mol. The molecule has 2 aromatic heterocycles. The number of ether oxygens (including phenoxy) is 1. The molecule has 0 saturated carbocycles. The van der Waals surface area contributed by atoms with Crippen LogP contribution in [0.2, 0.25) is 0 Å². The molecule has 2 aromatic rings. The number of carbonyl (C=O) groups excluding carboxylic acids is 1. The van der Waals surface area contributed by atoms with E-state index in [-0.39, 0.29) is 12.0 Å². The number of nitrogens with one attached hydrogen (secondary N) is 1. The van der Waals surface area contributed by atoms with Crippen LogP contribution in [0, 0.1) is 0 Å². The average Bonchev–Trinajstić information content (AvgIpc) is 3.24. The van der Waals surface area contributed by atoms with Gasteiger partial charge in [0.25, 0.3) is 0 Å². The summed E-state index contributed by atoms with van der Waals surface area (Å²) in [4.78, 5) is 11.8. The van der Waals surface area contributed by atoms with Gasteiger partial charge in [-0.15, -0.1) is 10.2 Å². The maximum Gasteiger partial charge on any atom is 0.230 e. The fourth-order valence-electron chi connectivity index (χ4n) is 2.14. The minimum atomic E-state index is -0.0153. The Bertz CT molecular complexity index is 596. The van der Waals surface area contributed by atoms with E-state index in [9.17, 15) is 4.79 Å². The molecule has 1 amide bonds. The summed E-state index contributed by atoms with van der Waals surface area (Å²) < 4.78 is 7.10. The van der Waals surface area contributed by atoms with Gasteiger partial charge in [-0.3, -0.25) is 4.79 Å². The molecule has 1 aliphatic rings. The molecular weight excluding hydrogens is 302 g/mol. The van der Waals surface area contributed by atoms with Crippen molar-refractivity contribution >= 4 is 17.7 Å². The lowest BCUT2D eigenvalue weighted by Crippen LogP contribution is -2.32. The maximum absolute atomic E-state index is 11.8. The van der Waals surface area contributed by atoms with E-state index in [0.717, 1.165) is 19.4 Å². The predicted molar refractivity (Wildman–Crippen MR) is 81.9 cm³/mol. The van der Waals surface area contributed by atoms with Crippen LogP contribution in [0.1, 0.15) is 12.8 Å². The van der Waals surface area contributed by atoms with Gasteiger partial charge in [-0.05, 0) is 31.0 Å². The Kier molecular flexibility index (Phi) is 5.02. The minimum Gasteiger partial charge on any atom is -0.376 e. The molecule has 0 aliphatic carbocycles. The predicted octanol–water partition coefficient (Wildman–Crippen LogP) is 1.05. The van der Waals surface area contributed by atoms with Crippen molar-refractivity contribution in [2.24, 2.45) is 0 Å². The Morgan fingerprint density at radius 3 is 3.09 bits per heavy atom. The van der Waals surface area contributed by atoms with Gasteiger partial charge >= 0.3 is 0 Å². The topological polar surface area (TPSA) is 81.9 Å². The first-order valence-electron chi connectivity index (χ1n) is 7.16. The summed E-state index contributed by atoms with van der Waals surface area (Å²) in [6.07, 6.45) is 5.75. The first kappa shape index (κ1) is 15.0. The van der Waals surface area contributed by atoms with Crippen molar-refractivity contribution in [3.05, 3.63) is 30.6 Å². The van der Waals surface area contributed by atoms with Gasteiger partial charge in [0, 0.05) is 25.5 Å². The number of rotatable bonds is 6. The Morgan fingerprint density at radius 1 is 1.45 bits per heavy atom. The molecule has 0 bridgehead atoms. The summed E-state index contributed by atoms with van der Waals surface area (Å²) >= 11 is 1.36. The Balaban J connectivity index is 1.43. The first-order chi connectivity index (χ1) is 10.8. The Hall–Kier alpha value is -1.93. The minimum absolute atomic E-state index is 0.0153. The van der Waals surface area contributed by atoms with Crippen molar-refractivity contribution in [3.8, 4) is 5.82 Å². The van der Waals surface area contributed by atoms with Crippen LogP contribution in [0.3, 0.4) is 0 Å². The van der Waals surface area contributed by atoms with E-state index < -0.39 is 0 Å². The second kappa shape index (κ2) is 7.37. The number of amides is 1. The third-order valence-electron chi connectivity index (χ3n) is 3.27. The van der Waals surface area contributed by atoms with E-state index in [1.165, 1.54) is 11.8 Å². The van der Waals surface area contributed by atoms with Crippen molar-refractivity contribution in [1.29, 1.82) is 0 Å². The quantitative estimate of drug-likeness (QED) is 0.802. The second-order valence-corrected chi connectivity index (χ2v) is 5.90. The SMILES string of the molecule is O=C(CSc1ccc(-n2cccn2)nn1)NC[C@@H]1CCCO1. The Morgan fingerprint density at radius 2 is 2.41 bits per heavy atom. The van der Waals surface area contributed by atoms with Gasteiger partial charge in [0.1, 0.15) is 5.03 Å². The van der Waals surface area contributed by atoms with Crippen LogP contribution in [-0.4, -0.2) is 50.9 Å². The average molecular weight is 319 g/mol. The molecule has 116 valence electrons. The van der Waals surface area contributed by atoms with Crippen LogP contribution in [0.5, 0.6) is 0 Å². The van der Waals surface area contributed by atoms with Gasteiger partial charge in [-0.1, -0.05) is 11.8 Å². The third-order valence-corrected chi connectivity index (χ3v) is 4.19. The Labute approximate surface area is 132 Å². The molecule has 22 heavy (non-hydrogen) atoms. The molecule has 8 heteroatoms. The van der Waals surface area contributed by atoms with Gasteiger partial charge in [-0.2, -0.15) is 5.10 Å². The van der Waals surface area contributed by atoms with E-state index in [4.69, 9.17) is 4.74 Å².